The molecule has 1 aliphatic heterocycles. The maximum Gasteiger partial charge on any atom is 0.407 e. The number of piperidine rings is 1. The molecule has 0 aromatic heterocycles. The normalized spacial score (nSPS) is 23.9. The van der Waals surface area contributed by atoms with Gasteiger partial charge >= 0.3 is 12.1 Å². The maximum absolute atomic E-state index is 11.3. The van der Waals surface area contributed by atoms with Crippen LogP contribution >= 0.6 is 0 Å². The van der Waals surface area contributed by atoms with E-state index in [1.165, 1.54) is 7.11 Å². The quantitative estimate of drug-likeness (QED) is 0.762. The zero-order chi connectivity index (χ0) is 14.3. The van der Waals surface area contributed by atoms with Gasteiger partial charge in [-0.15, -0.1) is 0 Å². The Hall–Kier alpha value is -1.30. The first-order chi connectivity index (χ1) is 9.05. The van der Waals surface area contributed by atoms with Crippen molar-refractivity contribution in [3.63, 3.8) is 0 Å². The fourth-order valence-electron chi connectivity index (χ4n) is 2.69. The molecule has 2 unspecified atom stereocenters. The number of carbonyl (C=O) groups excluding carboxylic acids is 1. The van der Waals surface area contributed by atoms with E-state index in [0.717, 1.165) is 25.8 Å². The molecule has 1 fully saturated rings. The van der Waals surface area contributed by atoms with Gasteiger partial charge in [0.05, 0.1) is 13.5 Å². The Morgan fingerprint density at radius 2 is 2.16 bits per heavy atom. The summed E-state index contributed by atoms with van der Waals surface area (Å²) in [5.41, 5.74) is 0. The van der Waals surface area contributed by atoms with Crippen molar-refractivity contribution >= 4 is 12.1 Å². The number of carbonyl (C=O) groups is 2. The number of amides is 1. The molecule has 0 spiro atoms. The van der Waals surface area contributed by atoms with Gasteiger partial charge in [0.2, 0.25) is 0 Å². The van der Waals surface area contributed by atoms with Crippen molar-refractivity contribution in [2.75, 3.05) is 26.7 Å². The molecule has 1 aliphatic rings. The number of aliphatic carboxylic acids is 1. The number of rotatable bonds is 6. The van der Waals surface area contributed by atoms with Crippen molar-refractivity contribution in [1.29, 1.82) is 0 Å². The third-order valence-electron chi connectivity index (χ3n) is 3.46. The van der Waals surface area contributed by atoms with Crippen LogP contribution in [-0.4, -0.2) is 54.9 Å². The fraction of sp³-hybridized carbons (Fsp3) is 0.846. The van der Waals surface area contributed by atoms with E-state index in [4.69, 9.17) is 5.11 Å². The lowest BCUT2D eigenvalue weighted by molar-refractivity contribution is -0.137. The van der Waals surface area contributed by atoms with Gasteiger partial charge in [0.1, 0.15) is 0 Å². The van der Waals surface area contributed by atoms with E-state index in [9.17, 15) is 9.59 Å². The Kier molecular flexibility index (Phi) is 6.62. The molecule has 0 radical (unpaired) electrons. The molecular weight excluding hydrogens is 248 g/mol. The smallest absolute Gasteiger partial charge is 0.407 e. The number of alkyl carbamates (subject to hydrolysis) is 1. The number of carboxylic acids is 1. The van der Waals surface area contributed by atoms with Crippen LogP contribution in [0.5, 0.6) is 0 Å². The summed E-state index contributed by atoms with van der Waals surface area (Å²) in [5.74, 6) is -0.273. The van der Waals surface area contributed by atoms with Crippen LogP contribution in [0, 0.1) is 5.92 Å². The standard InChI is InChI=1S/C13H24N2O4/c1-3-4-10-7-11(14-13(18)19-2)9-15(8-10)6-5-12(16)17/h10-11H,3-9H2,1-2H3,(H,14,18)(H,16,17). The molecule has 19 heavy (non-hydrogen) atoms. The molecule has 1 amide bonds. The van der Waals surface area contributed by atoms with Gasteiger partial charge in [-0.2, -0.15) is 0 Å². The van der Waals surface area contributed by atoms with E-state index in [1.807, 2.05) is 0 Å². The Balaban J connectivity index is 2.51. The van der Waals surface area contributed by atoms with Gasteiger partial charge in [-0.05, 0) is 18.8 Å². The predicted molar refractivity (Wildman–Crippen MR) is 71.0 cm³/mol. The van der Waals surface area contributed by atoms with E-state index >= 15 is 0 Å². The minimum Gasteiger partial charge on any atom is -0.481 e. The molecule has 6 nitrogen and oxygen atoms in total. The van der Waals surface area contributed by atoms with Crippen LogP contribution in [0.1, 0.15) is 32.6 Å². The number of likely N-dealkylation sites (tertiary alicyclic amines) is 1. The topological polar surface area (TPSA) is 78.9 Å². The molecule has 0 saturated carbocycles. The Morgan fingerprint density at radius 1 is 1.42 bits per heavy atom. The zero-order valence-electron chi connectivity index (χ0n) is 11.7. The molecule has 0 aromatic carbocycles. The second-order valence-electron chi connectivity index (χ2n) is 5.13. The van der Waals surface area contributed by atoms with E-state index < -0.39 is 12.1 Å². The molecule has 1 saturated heterocycles. The van der Waals surface area contributed by atoms with Gasteiger partial charge in [0.25, 0.3) is 0 Å². The summed E-state index contributed by atoms with van der Waals surface area (Å²) < 4.78 is 4.62. The summed E-state index contributed by atoms with van der Waals surface area (Å²) in [5, 5.41) is 11.6. The summed E-state index contributed by atoms with van der Waals surface area (Å²) in [6.45, 7) is 4.29. The zero-order valence-corrected chi connectivity index (χ0v) is 11.7. The van der Waals surface area contributed by atoms with Crippen molar-refractivity contribution in [2.24, 2.45) is 5.92 Å². The highest BCUT2D eigenvalue weighted by atomic mass is 16.5. The van der Waals surface area contributed by atoms with Crippen molar-refractivity contribution in [1.82, 2.24) is 10.2 Å². The van der Waals surface area contributed by atoms with Crippen LogP contribution in [0.4, 0.5) is 4.79 Å². The monoisotopic (exact) mass is 272 g/mol. The third-order valence-corrected chi connectivity index (χ3v) is 3.46. The van der Waals surface area contributed by atoms with Gasteiger partial charge in [0, 0.05) is 25.7 Å². The first-order valence-electron chi connectivity index (χ1n) is 6.83. The van der Waals surface area contributed by atoms with Gasteiger partial charge in [-0.25, -0.2) is 4.79 Å². The van der Waals surface area contributed by atoms with Crippen LogP contribution < -0.4 is 5.32 Å². The molecule has 0 aliphatic carbocycles. The predicted octanol–water partition coefficient (Wildman–Crippen LogP) is 1.31. The van der Waals surface area contributed by atoms with Gasteiger partial charge < -0.3 is 20.1 Å². The molecule has 0 aromatic rings. The average molecular weight is 272 g/mol. The number of ether oxygens (including phenoxy) is 1. The maximum atomic E-state index is 11.3. The molecule has 1 rings (SSSR count). The summed E-state index contributed by atoms with van der Waals surface area (Å²) >= 11 is 0. The SMILES string of the molecule is CCCC1CC(NC(=O)OC)CN(CCC(=O)O)C1. The van der Waals surface area contributed by atoms with E-state index in [1.54, 1.807) is 0 Å². The van der Waals surface area contributed by atoms with Crippen LogP contribution in [0.15, 0.2) is 0 Å². The van der Waals surface area contributed by atoms with Gasteiger partial charge in [-0.1, -0.05) is 13.3 Å². The fourth-order valence-corrected chi connectivity index (χ4v) is 2.69. The first-order valence-corrected chi connectivity index (χ1v) is 6.83. The summed E-state index contributed by atoms with van der Waals surface area (Å²) in [6, 6.07) is 0.0477. The average Bonchev–Trinajstić information content (AvgIpc) is 2.36. The number of nitrogens with one attached hydrogen (secondary N) is 1. The van der Waals surface area contributed by atoms with Gasteiger partial charge in [-0.3, -0.25) is 4.79 Å². The number of hydrogen-bond acceptors (Lipinski definition) is 4. The lowest BCUT2D eigenvalue weighted by Crippen LogP contribution is -2.51. The van der Waals surface area contributed by atoms with E-state index in [0.29, 0.717) is 19.0 Å². The Morgan fingerprint density at radius 3 is 2.74 bits per heavy atom. The van der Waals surface area contributed by atoms with E-state index in [2.05, 4.69) is 21.9 Å². The van der Waals surface area contributed by atoms with Crippen LogP contribution in [0.2, 0.25) is 0 Å². The second-order valence-corrected chi connectivity index (χ2v) is 5.13. The highest BCUT2D eigenvalue weighted by Gasteiger charge is 2.28. The molecule has 2 N–H and O–H groups in total. The summed E-state index contributed by atoms with van der Waals surface area (Å²) in [4.78, 5) is 24.0. The minimum absolute atomic E-state index is 0.0477. The highest BCUT2D eigenvalue weighted by Crippen LogP contribution is 2.21. The minimum atomic E-state index is -0.782. The van der Waals surface area contributed by atoms with Crippen molar-refractivity contribution in [3.8, 4) is 0 Å². The largest absolute Gasteiger partial charge is 0.481 e. The van der Waals surface area contributed by atoms with E-state index in [-0.39, 0.29) is 12.5 Å². The highest BCUT2D eigenvalue weighted by molar-refractivity contribution is 5.67. The lowest BCUT2D eigenvalue weighted by Gasteiger charge is -2.37. The Bertz CT molecular complexity index is 309. The van der Waals surface area contributed by atoms with Crippen LogP contribution in [-0.2, 0) is 9.53 Å². The van der Waals surface area contributed by atoms with Crippen molar-refractivity contribution in [2.45, 2.75) is 38.6 Å². The summed E-state index contributed by atoms with van der Waals surface area (Å²) in [6.07, 6.45) is 2.86. The van der Waals surface area contributed by atoms with Crippen LogP contribution in [0.25, 0.3) is 0 Å². The number of carboxylic acid groups (broad SMARTS) is 1. The summed E-state index contributed by atoms with van der Waals surface area (Å²) in [7, 11) is 1.35. The number of nitrogens with zero attached hydrogens (tertiary/aromatic N) is 1. The van der Waals surface area contributed by atoms with Crippen LogP contribution in [0.3, 0.4) is 0 Å². The first kappa shape index (κ1) is 15.8. The van der Waals surface area contributed by atoms with Crippen molar-refractivity contribution < 1.29 is 19.4 Å². The van der Waals surface area contributed by atoms with Crippen molar-refractivity contribution in [3.05, 3.63) is 0 Å². The Labute approximate surface area is 114 Å². The third kappa shape index (κ3) is 5.92. The molecule has 1 heterocycles. The number of methoxy groups -OCH3 is 1. The molecule has 0 bridgehead atoms. The second kappa shape index (κ2) is 7.99. The number of hydrogen-bond donors (Lipinski definition) is 2. The molecule has 2 atom stereocenters. The molecular formula is C13H24N2O4. The van der Waals surface area contributed by atoms with Gasteiger partial charge in [0.15, 0.2) is 0 Å². The molecule has 6 heteroatoms. The molecule has 110 valence electrons. The lowest BCUT2D eigenvalue weighted by atomic mass is 9.90.